The molecule has 5 rings (SSSR count). The van der Waals surface area contributed by atoms with E-state index >= 15 is 0 Å². The number of aromatic nitrogens is 6. The van der Waals surface area contributed by atoms with Gasteiger partial charge < -0.3 is 9.80 Å². The highest BCUT2D eigenvalue weighted by Gasteiger charge is 2.19. The smallest absolute Gasteiger partial charge is 0.188 e. The highest BCUT2D eigenvalue weighted by atomic mass is 19.1. The fourth-order valence-electron chi connectivity index (χ4n) is 3.60. The number of anilines is 2. The van der Waals surface area contributed by atoms with Crippen LogP contribution < -0.4 is 9.80 Å². The van der Waals surface area contributed by atoms with Gasteiger partial charge >= 0.3 is 0 Å². The van der Waals surface area contributed by atoms with Crippen LogP contribution in [0.5, 0.6) is 0 Å². The first-order valence-corrected chi connectivity index (χ1v) is 9.54. The van der Waals surface area contributed by atoms with Crippen LogP contribution in [0.25, 0.3) is 17.0 Å². The average Bonchev–Trinajstić information content (AvgIpc) is 3.02. The van der Waals surface area contributed by atoms with Crippen LogP contribution in [-0.4, -0.2) is 56.2 Å². The van der Waals surface area contributed by atoms with Crippen LogP contribution in [0, 0.1) is 5.82 Å². The van der Waals surface area contributed by atoms with Crippen LogP contribution in [0.3, 0.4) is 0 Å². The van der Waals surface area contributed by atoms with Gasteiger partial charge in [-0.2, -0.15) is 9.61 Å². The lowest BCUT2D eigenvalue weighted by Crippen LogP contribution is -2.31. The summed E-state index contributed by atoms with van der Waals surface area (Å²) >= 11 is 0. The molecule has 1 fully saturated rings. The first kappa shape index (κ1) is 17.5. The summed E-state index contributed by atoms with van der Waals surface area (Å²) in [7, 11) is 0. The lowest BCUT2D eigenvalue weighted by atomic mass is 10.2. The number of hydrogen-bond donors (Lipinski definition) is 0. The number of rotatable bonds is 3. The molecule has 0 N–H and O–H groups in total. The highest BCUT2D eigenvalue weighted by molar-refractivity contribution is 5.60. The fourth-order valence-corrected chi connectivity index (χ4v) is 3.60. The van der Waals surface area contributed by atoms with Crippen LogP contribution in [0.4, 0.5) is 16.0 Å². The molecule has 1 aliphatic heterocycles. The molecule has 0 amide bonds. The molecule has 0 radical (unpaired) electrons. The Morgan fingerprint density at radius 3 is 2.38 bits per heavy atom. The van der Waals surface area contributed by atoms with Crippen LogP contribution in [0.15, 0.2) is 54.7 Å². The van der Waals surface area contributed by atoms with Crippen molar-refractivity contribution >= 4 is 17.3 Å². The van der Waals surface area contributed by atoms with Gasteiger partial charge in [0.1, 0.15) is 11.6 Å². The lowest BCUT2D eigenvalue weighted by Gasteiger charge is -2.23. The number of fused-ring (bicyclic) bond motifs is 1. The summed E-state index contributed by atoms with van der Waals surface area (Å²) in [6, 6.07) is 14.2. The molecule has 0 atom stereocenters. The lowest BCUT2D eigenvalue weighted by molar-refractivity contribution is 0.629. The first-order valence-electron chi connectivity index (χ1n) is 9.54. The van der Waals surface area contributed by atoms with Crippen molar-refractivity contribution in [3.05, 3.63) is 60.5 Å². The van der Waals surface area contributed by atoms with Gasteiger partial charge in [0.2, 0.25) is 0 Å². The zero-order valence-electron chi connectivity index (χ0n) is 15.7. The summed E-state index contributed by atoms with van der Waals surface area (Å²) in [5.74, 6) is 1.76. The second-order valence-corrected chi connectivity index (χ2v) is 6.87. The van der Waals surface area contributed by atoms with E-state index in [2.05, 4.69) is 30.2 Å². The summed E-state index contributed by atoms with van der Waals surface area (Å²) in [6.07, 6.45) is 2.65. The molecule has 0 saturated carbocycles. The van der Waals surface area contributed by atoms with Gasteiger partial charge in [-0.1, -0.05) is 12.1 Å². The standard InChI is InChI=1S/C20H19FN8/c21-16-6-2-1-5-15(16)20-25-24-18-8-9-19(26-29(18)20)28-12-4-11-27(13-14-28)17-7-3-10-22-23-17/h1-3,5-10H,4,11-14H2. The van der Waals surface area contributed by atoms with E-state index in [9.17, 15) is 4.39 Å². The largest absolute Gasteiger partial charge is 0.353 e. The second kappa shape index (κ2) is 7.42. The van der Waals surface area contributed by atoms with Crippen LogP contribution in [0.2, 0.25) is 0 Å². The third-order valence-corrected chi connectivity index (χ3v) is 5.07. The molecule has 1 saturated heterocycles. The zero-order valence-corrected chi connectivity index (χ0v) is 15.7. The molecule has 0 aliphatic carbocycles. The van der Waals surface area contributed by atoms with Crippen molar-refractivity contribution in [2.75, 3.05) is 36.0 Å². The van der Waals surface area contributed by atoms with Crippen molar-refractivity contribution in [3.8, 4) is 11.4 Å². The van der Waals surface area contributed by atoms with E-state index in [-0.39, 0.29) is 5.82 Å². The highest BCUT2D eigenvalue weighted by Crippen LogP contribution is 2.23. The van der Waals surface area contributed by atoms with Crippen LogP contribution in [0.1, 0.15) is 6.42 Å². The van der Waals surface area contributed by atoms with E-state index in [1.54, 1.807) is 28.9 Å². The van der Waals surface area contributed by atoms with Gasteiger partial charge in [0.15, 0.2) is 17.3 Å². The third-order valence-electron chi connectivity index (χ3n) is 5.07. The van der Waals surface area contributed by atoms with Crippen molar-refractivity contribution in [1.82, 2.24) is 30.0 Å². The Balaban J connectivity index is 1.43. The summed E-state index contributed by atoms with van der Waals surface area (Å²) in [4.78, 5) is 4.45. The minimum atomic E-state index is -0.344. The Morgan fingerprint density at radius 2 is 1.59 bits per heavy atom. The first-order chi connectivity index (χ1) is 14.3. The Labute approximate surface area is 166 Å². The fraction of sp³-hybridized carbons (Fsp3) is 0.250. The van der Waals surface area contributed by atoms with Gasteiger partial charge in [-0.05, 0) is 42.8 Å². The summed E-state index contributed by atoms with van der Waals surface area (Å²) in [6.45, 7) is 3.39. The van der Waals surface area contributed by atoms with Crippen molar-refractivity contribution in [1.29, 1.82) is 0 Å². The zero-order chi connectivity index (χ0) is 19.6. The molecular weight excluding hydrogens is 371 g/mol. The van der Waals surface area contributed by atoms with E-state index in [0.717, 1.165) is 44.2 Å². The molecule has 4 aromatic rings. The van der Waals surface area contributed by atoms with Gasteiger partial charge in [0, 0.05) is 32.4 Å². The van der Waals surface area contributed by atoms with Gasteiger partial charge in [0.05, 0.1) is 5.56 Å². The average molecular weight is 390 g/mol. The minimum Gasteiger partial charge on any atom is -0.353 e. The minimum absolute atomic E-state index is 0.344. The third kappa shape index (κ3) is 3.35. The maximum Gasteiger partial charge on any atom is 0.188 e. The van der Waals surface area contributed by atoms with Crippen molar-refractivity contribution in [2.24, 2.45) is 0 Å². The molecule has 8 nitrogen and oxygen atoms in total. The molecule has 9 heteroatoms. The van der Waals surface area contributed by atoms with E-state index in [4.69, 9.17) is 5.10 Å². The van der Waals surface area contributed by atoms with E-state index < -0.39 is 0 Å². The van der Waals surface area contributed by atoms with Crippen molar-refractivity contribution in [2.45, 2.75) is 6.42 Å². The number of hydrogen-bond acceptors (Lipinski definition) is 7. The van der Waals surface area contributed by atoms with Crippen LogP contribution >= 0.6 is 0 Å². The van der Waals surface area contributed by atoms with E-state index in [1.807, 2.05) is 24.3 Å². The monoisotopic (exact) mass is 390 g/mol. The second-order valence-electron chi connectivity index (χ2n) is 6.87. The Morgan fingerprint density at radius 1 is 0.759 bits per heavy atom. The quantitative estimate of drug-likeness (QED) is 0.532. The predicted molar refractivity (Wildman–Crippen MR) is 107 cm³/mol. The molecule has 0 unspecified atom stereocenters. The van der Waals surface area contributed by atoms with Crippen molar-refractivity contribution < 1.29 is 4.39 Å². The molecular formula is C20H19FN8. The maximum atomic E-state index is 14.3. The molecule has 3 aromatic heterocycles. The van der Waals surface area contributed by atoms with Crippen molar-refractivity contribution in [3.63, 3.8) is 0 Å². The SMILES string of the molecule is Fc1ccccc1-c1nnc2ccc(N3CCCN(c4cccnn4)CC3)nn12. The molecule has 4 heterocycles. The molecule has 1 aliphatic rings. The summed E-state index contributed by atoms with van der Waals surface area (Å²) in [5.41, 5.74) is 0.970. The number of halogens is 1. The predicted octanol–water partition coefficient (Wildman–Crippen LogP) is 2.44. The molecule has 1 aromatic carbocycles. The van der Waals surface area contributed by atoms with Gasteiger partial charge in [0.25, 0.3) is 0 Å². The number of nitrogens with zero attached hydrogens (tertiary/aromatic N) is 8. The normalized spacial score (nSPS) is 14.9. The maximum absolute atomic E-state index is 14.3. The molecule has 0 bridgehead atoms. The summed E-state index contributed by atoms with van der Waals surface area (Å²) in [5, 5.41) is 21.2. The molecule has 146 valence electrons. The van der Waals surface area contributed by atoms with E-state index in [1.165, 1.54) is 6.07 Å². The van der Waals surface area contributed by atoms with Crippen LogP contribution in [-0.2, 0) is 0 Å². The Bertz CT molecular complexity index is 1130. The Kier molecular flexibility index (Phi) is 4.47. The van der Waals surface area contributed by atoms with E-state index in [0.29, 0.717) is 17.0 Å². The van der Waals surface area contributed by atoms with Gasteiger partial charge in [-0.3, -0.25) is 0 Å². The topological polar surface area (TPSA) is 75.3 Å². The Hall–Kier alpha value is -3.62. The molecule has 29 heavy (non-hydrogen) atoms. The summed E-state index contributed by atoms with van der Waals surface area (Å²) < 4.78 is 15.9. The number of benzene rings is 1. The van der Waals surface area contributed by atoms with Gasteiger partial charge in [-0.15, -0.1) is 20.4 Å². The van der Waals surface area contributed by atoms with Gasteiger partial charge in [-0.25, -0.2) is 4.39 Å². The molecule has 0 spiro atoms.